The summed E-state index contributed by atoms with van der Waals surface area (Å²) in [5.41, 5.74) is -0.263. The van der Waals surface area contributed by atoms with Gasteiger partial charge in [0, 0.05) is 18.5 Å². The van der Waals surface area contributed by atoms with Gasteiger partial charge >= 0.3 is 6.03 Å². The number of hydrazine groups is 1. The Morgan fingerprint density at radius 3 is 2.59 bits per heavy atom. The molecule has 2 heterocycles. The van der Waals surface area contributed by atoms with Crippen LogP contribution in [0.1, 0.15) is 46.5 Å². The highest BCUT2D eigenvalue weighted by Gasteiger charge is 2.30. The second-order valence-corrected chi connectivity index (χ2v) is 6.99. The molecule has 8 nitrogen and oxygen atoms in total. The Hall–Kier alpha value is -1.73. The van der Waals surface area contributed by atoms with Crippen LogP contribution in [0.3, 0.4) is 0 Å². The normalized spacial score (nSPS) is 23.6. The quantitative estimate of drug-likeness (QED) is 0.490. The molecule has 0 bridgehead atoms. The average Bonchev–Trinajstić information content (AvgIpc) is 2.93. The first-order chi connectivity index (χ1) is 10.3. The Morgan fingerprint density at radius 2 is 1.95 bits per heavy atom. The SMILES string of the molecule is CC(C)(C)NC(=O)N1CC[C@@H](O/N=[N+](\[O-])N2CCCCC2)C1. The number of hydrogen-bond acceptors (Lipinski definition) is 4. The number of carbonyl (C=O) groups excluding carboxylic acids is 1. The second kappa shape index (κ2) is 7.02. The first-order valence-corrected chi connectivity index (χ1v) is 8.01. The fourth-order valence-corrected chi connectivity index (χ4v) is 2.61. The van der Waals surface area contributed by atoms with E-state index in [2.05, 4.69) is 10.6 Å². The molecular weight excluding hydrogens is 286 g/mol. The largest absolute Gasteiger partial charge is 0.569 e. The van der Waals surface area contributed by atoms with Gasteiger partial charge < -0.3 is 20.3 Å². The molecule has 2 rings (SSSR count). The zero-order chi connectivity index (χ0) is 16.2. The third kappa shape index (κ3) is 4.92. The van der Waals surface area contributed by atoms with Gasteiger partial charge in [0.1, 0.15) is 0 Å². The Bertz CT molecular complexity index is 415. The fourth-order valence-electron chi connectivity index (χ4n) is 2.61. The van der Waals surface area contributed by atoms with Gasteiger partial charge in [-0.05, 0) is 40.0 Å². The molecule has 0 radical (unpaired) electrons. The molecule has 0 saturated carbocycles. The Labute approximate surface area is 131 Å². The summed E-state index contributed by atoms with van der Waals surface area (Å²) in [6.45, 7) is 8.35. The summed E-state index contributed by atoms with van der Waals surface area (Å²) in [7, 11) is 0. The first kappa shape index (κ1) is 16.6. The number of piperidine rings is 1. The molecule has 0 aromatic heterocycles. The van der Waals surface area contributed by atoms with Crippen LogP contribution in [0, 0.1) is 5.21 Å². The van der Waals surface area contributed by atoms with E-state index >= 15 is 0 Å². The van der Waals surface area contributed by atoms with Gasteiger partial charge in [0.25, 0.3) is 0 Å². The minimum atomic E-state index is -0.263. The van der Waals surface area contributed by atoms with Crippen molar-refractivity contribution in [1.82, 2.24) is 15.2 Å². The van der Waals surface area contributed by atoms with Crippen LogP contribution in [0.5, 0.6) is 0 Å². The Balaban J connectivity index is 1.77. The number of rotatable bonds is 3. The molecule has 2 aliphatic heterocycles. The molecule has 0 unspecified atom stereocenters. The van der Waals surface area contributed by atoms with Crippen LogP contribution in [-0.2, 0) is 4.84 Å². The Kier molecular flexibility index (Phi) is 5.31. The number of nitrogens with zero attached hydrogens (tertiary/aromatic N) is 4. The second-order valence-electron chi connectivity index (χ2n) is 6.99. The van der Waals surface area contributed by atoms with Gasteiger partial charge in [0.15, 0.2) is 6.10 Å². The van der Waals surface area contributed by atoms with Crippen LogP contribution in [-0.4, -0.2) is 58.7 Å². The molecule has 1 N–H and O–H groups in total. The minimum absolute atomic E-state index is 0.103. The molecule has 0 aromatic rings. The molecule has 0 spiro atoms. The number of hydrogen-bond donors (Lipinski definition) is 1. The van der Waals surface area contributed by atoms with Crippen molar-refractivity contribution in [3.63, 3.8) is 0 Å². The monoisotopic (exact) mass is 313 g/mol. The van der Waals surface area contributed by atoms with Gasteiger partial charge in [-0.25, -0.2) is 4.79 Å². The van der Waals surface area contributed by atoms with Gasteiger partial charge in [-0.3, -0.25) is 0 Å². The van der Waals surface area contributed by atoms with E-state index in [9.17, 15) is 10.0 Å². The molecule has 0 aliphatic carbocycles. The third-order valence-electron chi connectivity index (χ3n) is 3.75. The van der Waals surface area contributed by atoms with E-state index in [-0.39, 0.29) is 17.7 Å². The van der Waals surface area contributed by atoms with Crippen molar-refractivity contribution in [2.75, 3.05) is 26.2 Å². The van der Waals surface area contributed by atoms with Crippen molar-refractivity contribution in [2.45, 2.75) is 58.1 Å². The summed E-state index contributed by atoms with van der Waals surface area (Å²) >= 11 is 0. The van der Waals surface area contributed by atoms with Crippen LogP contribution in [0.15, 0.2) is 5.28 Å². The van der Waals surface area contributed by atoms with E-state index in [4.69, 9.17) is 4.84 Å². The van der Waals surface area contributed by atoms with Crippen LogP contribution < -0.4 is 5.32 Å². The van der Waals surface area contributed by atoms with Crippen molar-refractivity contribution in [3.05, 3.63) is 5.21 Å². The maximum absolute atomic E-state index is 12.0. The zero-order valence-electron chi connectivity index (χ0n) is 13.7. The van der Waals surface area contributed by atoms with Crippen LogP contribution in [0.2, 0.25) is 0 Å². The molecule has 2 aliphatic rings. The fraction of sp³-hybridized carbons (Fsp3) is 0.929. The van der Waals surface area contributed by atoms with Gasteiger partial charge in [-0.1, -0.05) is 0 Å². The van der Waals surface area contributed by atoms with Crippen molar-refractivity contribution in [2.24, 2.45) is 5.28 Å². The van der Waals surface area contributed by atoms with Crippen LogP contribution in [0.4, 0.5) is 4.79 Å². The molecule has 8 heteroatoms. The van der Waals surface area contributed by atoms with E-state index in [0.717, 1.165) is 32.4 Å². The van der Waals surface area contributed by atoms with E-state index in [1.807, 2.05) is 20.8 Å². The summed E-state index contributed by atoms with van der Waals surface area (Å²) in [6, 6.07) is -0.103. The smallest absolute Gasteiger partial charge is 0.317 e. The first-order valence-electron chi connectivity index (χ1n) is 8.01. The van der Waals surface area contributed by atoms with Crippen LogP contribution in [0.25, 0.3) is 0 Å². The lowest BCUT2D eigenvalue weighted by molar-refractivity contribution is -0.713. The molecular formula is C14H27N5O3. The maximum Gasteiger partial charge on any atom is 0.317 e. The predicted octanol–water partition coefficient (Wildman–Crippen LogP) is 1.86. The maximum atomic E-state index is 12.0. The summed E-state index contributed by atoms with van der Waals surface area (Å²) in [5.74, 6) is 0. The number of amides is 2. The van der Waals surface area contributed by atoms with Gasteiger partial charge in [0.05, 0.1) is 24.6 Å². The lowest BCUT2D eigenvalue weighted by atomic mass is 10.1. The van der Waals surface area contributed by atoms with E-state index in [0.29, 0.717) is 24.5 Å². The van der Waals surface area contributed by atoms with E-state index in [1.165, 1.54) is 0 Å². The highest BCUT2D eigenvalue weighted by atomic mass is 16.7. The molecule has 2 amide bonds. The van der Waals surface area contributed by atoms with Gasteiger partial charge in [-0.15, -0.1) is 5.01 Å². The van der Waals surface area contributed by atoms with Crippen molar-refractivity contribution in [3.8, 4) is 0 Å². The highest BCUT2D eigenvalue weighted by Crippen LogP contribution is 2.15. The van der Waals surface area contributed by atoms with Crippen LogP contribution >= 0.6 is 0 Å². The number of likely N-dealkylation sites (tertiary alicyclic amines) is 1. The highest BCUT2D eigenvalue weighted by molar-refractivity contribution is 5.75. The minimum Gasteiger partial charge on any atom is -0.569 e. The number of nitrogens with one attached hydrogen (secondary N) is 1. The van der Waals surface area contributed by atoms with Crippen molar-refractivity contribution < 1.29 is 14.6 Å². The standard InChI is InChI=1S/C14H27N5O3/c1-14(2,3)15-13(20)17-10-7-12(11-17)22-16-19(21)18-8-5-4-6-9-18/h12H,4-11H2,1-3H3,(H,15,20)/b19-16-/t12-/m1/s1. The summed E-state index contributed by atoms with van der Waals surface area (Å²) in [6.07, 6.45) is 3.66. The lowest BCUT2D eigenvalue weighted by Gasteiger charge is -2.25. The van der Waals surface area contributed by atoms with Crippen molar-refractivity contribution in [1.29, 1.82) is 0 Å². The molecule has 0 aromatic carbocycles. The lowest BCUT2D eigenvalue weighted by Crippen LogP contribution is -2.48. The van der Waals surface area contributed by atoms with Gasteiger partial charge in [0.2, 0.25) is 5.28 Å². The van der Waals surface area contributed by atoms with E-state index < -0.39 is 0 Å². The number of carbonyl (C=O) groups is 1. The predicted molar refractivity (Wildman–Crippen MR) is 80.8 cm³/mol. The van der Waals surface area contributed by atoms with E-state index in [1.54, 1.807) is 9.91 Å². The molecule has 2 fully saturated rings. The summed E-state index contributed by atoms with van der Waals surface area (Å²) in [5, 5.41) is 20.0. The van der Waals surface area contributed by atoms with Gasteiger partial charge in [-0.2, -0.15) is 0 Å². The molecule has 22 heavy (non-hydrogen) atoms. The average molecular weight is 313 g/mol. The Morgan fingerprint density at radius 1 is 1.27 bits per heavy atom. The molecule has 1 atom stereocenters. The summed E-state index contributed by atoms with van der Waals surface area (Å²) in [4.78, 5) is 19.6. The third-order valence-corrected chi connectivity index (χ3v) is 3.75. The van der Waals surface area contributed by atoms with Crippen molar-refractivity contribution >= 4 is 6.03 Å². The zero-order valence-corrected chi connectivity index (χ0v) is 13.7. The summed E-state index contributed by atoms with van der Waals surface area (Å²) < 4.78 is 0. The molecule has 2 saturated heterocycles. The molecule has 126 valence electrons. The topological polar surface area (TPSA) is 83.2 Å². The number of urea groups is 1.